The average Bonchev–Trinajstić information content (AvgIpc) is 2.29. The molecule has 0 aliphatic carbocycles. The highest BCUT2D eigenvalue weighted by Gasteiger charge is 2.20. The third-order valence-corrected chi connectivity index (χ3v) is 4.53. The van der Waals surface area contributed by atoms with Crippen molar-refractivity contribution in [3.05, 3.63) is 29.8 Å². The lowest BCUT2D eigenvalue weighted by Gasteiger charge is -2.09. The standard InChI is InChI=1S/C12H17NO3S/c1-4-13-12(14)10-6-5-7-11(8-10)17(15,16)9(2)3/h5-9H,4H2,1-3H3,(H,13,14). The lowest BCUT2D eigenvalue weighted by atomic mass is 10.2. The van der Waals surface area contributed by atoms with Gasteiger partial charge in [-0.2, -0.15) is 0 Å². The third kappa shape index (κ3) is 3.06. The number of nitrogens with one attached hydrogen (secondary N) is 1. The number of benzene rings is 1. The molecule has 0 atom stereocenters. The molecule has 0 bridgehead atoms. The van der Waals surface area contributed by atoms with E-state index >= 15 is 0 Å². The summed E-state index contributed by atoms with van der Waals surface area (Å²) in [5, 5.41) is 2.14. The molecule has 1 rings (SSSR count). The maximum absolute atomic E-state index is 11.9. The van der Waals surface area contributed by atoms with E-state index in [1.807, 2.05) is 6.92 Å². The number of sulfone groups is 1. The summed E-state index contributed by atoms with van der Waals surface area (Å²) in [5.41, 5.74) is 0.369. The Bertz CT molecular complexity index is 506. The maximum Gasteiger partial charge on any atom is 0.251 e. The lowest BCUT2D eigenvalue weighted by Crippen LogP contribution is -2.23. The van der Waals surface area contributed by atoms with Gasteiger partial charge in [0.05, 0.1) is 10.1 Å². The molecule has 94 valence electrons. The van der Waals surface area contributed by atoms with Crippen molar-refractivity contribution in [2.45, 2.75) is 30.9 Å². The molecule has 0 saturated heterocycles. The van der Waals surface area contributed by atoms with Gasteiger partial charge in [-0.25, -0.2) is 8.42 Å². The minimum absolute atomic E-state index is 0.191. The zero-order chi connectivity index (χ0) is 13.1. The molecule has 1 N–H and O–H groups in total. The Balaban J connectivity index is 3.14. The predicted molar refractivity (Wildman–Crippen MR) is 66.8 cm³/mol. The number of amides is 1. The van der Waals surface area contributed by atoms with Crippen molar-refractivity contribution in [1.82, 2.24) is 5.32 Å². The van der Waals surface area contributed by atoms with Crippen LogP contribution in [0.2, 0.25) is 0 Å². The maximum atomic E-state index is 11.9. The van der Waals surface area contributed by atoms with Crippen molar-refractivity contribution in [2.24, 2.45) is 0 Å². The van der Waals surface area contributed by atoms with E-state index in [-0.39, 0.29) is 10.8 Å². The summed E-state index contributed by atoms with van der Waals surface area (Å²) in [7, 11) is -3.33. The molecule has 0 saturated carbocycles. The number of hydrogen-bond donors (Lipinski definition) is 1. The smallest absolute Gasteiger partial charge is 0.251 e. The van der Waals surface area contributed by atoms with Gasteiger partial charge in [-0.1, -0.05) is 6.07 Å². The van der Waals surface area contributed by atoms with Crippen LogP contribution in [0, 0.1) is 0 Å². The lowest BCUT2D eigenvalue weighted by molar-refractivity contribution is 0.0955. The van der Waals surface area contributed by atoms with Crippen LogP contribution in [0.1, 0.15) is 31.1 Å². The van der Waals surface area contributed by atoms with Crippen LogP contribution in [0.4, 0.5) is 0 Å². The highest BCUT2D eigenvalue weighted by Crippen LogP contribution is 2.17. The quantitative estimate of drug-likeness (QED) is 0.889. The Morgan fingerprint density at radius 2 is 2.00 bits per heavy atom. The van der Waals surface area contributed by atoms with E-state index in [4.69, 9.17) is 0 Å². The Labute approximate surface area is 102 Å². The molecule has 0 fully saturated rings. The summed E-state index contributed by atoms with van der Waals surface area (Å²) in [6.07, 6.45) is 0. The van der Waals surface area contributed by atoms with Crippen LogP contribution in [0.15, 0.2) is 29.2 Å². The predicted octanol–water partition coefficient (Wildman–Crippen LogP) is 1.62. The minimum Gasteiger partial charge on any atom is -0.352 e. The summed E-state index contributed by atoms with van der Waals surface area (Å²) in [6, 6.07) is 6.11. The van der Waals surface area contributed by atoms with Crippen LogP contribution >= 0.6 is 0 Å². The first kappa shape index (κ1) is 13.7. The second-order valence-corrected chi connectivity index (χ2v) is 6.49. The largest absolute Gasteiger partial charge is 0.352 e. The molecule has 0 heterocycles. The summed E-state index contributed by atoms with van der Waals surface area (Å²) >= 11 is 0. The molecule has 4 nitrogen and oxygen atoms in total. The molecule has 0 aliphatic rings. The van der Waals surface area contributed by atoms with Crippen molar-refractivity contribution < 1.29 is 13.2 Å². The molecule has 1 aromatic rings. The molecular formula is C12H17NO3S. The second kappa shape index (κ2) is 5.31. The van der Waals surface area contributed by atoms with Gasteiger partial charge in [0.15, 0.2) is 9.84 Å². The van der Waals surface area contributed by atoms with E-state index in [0.717, 1.165) is 0 Å². The molecule has 1 aromatic carbocycles. The van der Waals surface area contributed by atoms with Gasteiger partial charge < -0.3 is 5.32 Å². The molecule has 5 heteroatoms. The second-order valence-electron chi connectivity index (χ2n) is 3.98. The van der Waals surface area contributed by atoms with Crippen molar-refractivity contribution in [1.29, 1.82) is 0 Å². The van der Waals surface area contributed by atoms with Gasteiger partial charge in [0.1, 0.15) is 0 Å². The van der Waals surface area contributed by atoms with E-state index in [9.17, 15) is 13.2 Å². The number of hydrogen-bond acceptors (Lipinski definition) is 3. The Morgan fingerprint density at radius 3 is 2.53 bits per heavy atom. The normalized spacial score (nSPS) is 11.5. The molecule has 0 radical (unpaired) electrons. The Kier molecular flexibility index (Phi) is 4.28. The topological polar surface area (TPSA) is 63.2 Å². The first-order valence-electron chi connectivity index (χ1n) is 5.51. The van der Waals surface area contributed by atoms with E-state index in [2.05, 4.69) is 5.32 Å². The molecule has 0 spiro atoms. The first-order chi connectivity index (χ1) is 7.89. The van der Waals surface area contributed by atoms with Crippen molar-refractivity contribution in [2.75, 3.05) is 6.54 Å². The number of rotatable bonds is 4. The SMILES string of the molecule is CCNC(=O)c1cccc(S(=O)(=O)C(C)C)c1. The van der Waals surface area contributed by atoms with Gasteiger partial charge >= 0.3 is 0 Å². The van der Waals surface area contributed by atoms with Crippen molar-refractivity contribution in [3.63, 3.8) is 0 Å². The Morgan fingerprint density at radius 1 is 1.35 bits per heavy atom. The highest BCUT2D eigenvalue weighted by atomic mass is 32.2. The van der Waals surface area contributed by atoms with Crippen LogP contribution < -0.4 is 5.32 Å². The molecule has 0 unspecified atom stereocenters. The zero-order valence-corrected chi connectivity index (χ0v) is 11.0. The molecule has 0 aromatic heterocycles. The number of carbonyl (C=O) groups is 1. The van der Waals surface area contributed by atoms with Gasteiger partial charge in [-0.3, -0.25) is 4.79 Å². The van der Waals surface area contributed by atoms with E-state index in [1.165, 1.54) is 12.1 Å². The molecule has 1 amide bonds. The third-order valence-electron chi connectivity index (χ3n) is 2.38. The highest BCUT2D eigenvalue weighted by molar-refractivity contribution is 7.92. The van der Waals surface area contributed by atoms with Crippen LogP contribution in [0.5, 0.6) is 0 Å². The van der Waals surface area contributed by atoms with Gasteiger partial charge in [-0.15, -0.1) is 0 Å². The summed E-state index contributed by atoms with van der Waals surface area (Å²) in [4.78, 5) is 11.8. The fourth-order valence-electron chi connectivity index (χ4n) is 1.35. The molecule has 0 aliphatic heterocycles. The van der Waals surface area contributed by atoms with Crippen LogP contribution in [-0.2, 0) is 9.84 Å². The van der Waals surface area contributed by atoms with E-state index in [1.54, 1.807) is 26.0 Å². The summed E-state index contributed by atoms with van der Waals surface area (Å²) < 4.78 is 23.9. The fourth-order valence-corrected chi connectivity index (χ4v) is 2.45. The summed E-state index contributed by atoms with van der Waals surface area (Å²) in [6.45, 7) is 5.56. The summed E-state index contributed by atoms with van der Waals surface area (Å²) in [5.74, 6) is -0.256. The first-order valence-corrected chi connectivity index (χ1v) is 7.06. The zero-order valence-electron chi connectivity index (χ0n) is 10.2. The van der Waals surface area contributed by atoms with Gasteiger partial charge in [-0.05, 0) is 39.0 Å². The monoisotopic (exact) mass is 255 g/mol. The van der Waals surface area contributed by atoms with Crippen LogP contribution in [-0.4, -0.2) is 26.1 Å². The molecule has 17 heavy (non-hydrogen) atoms. The average molecular weight is 255 g/mol. The Hall–Kier alpha value is -1.36. The number of carbonyl (C=O) groups excluding carboxylic acids is 1. The van der Waals surface area contributed by atoms with Gasteiger partial charge in [0, 0.05) is 12.1 Å². The van der Waals surface area contributed by atoms with E-state index in [0.29, 0.717) is 12.1 Å². The van der Waals surface area contributed by atoms with Gasteiger partial charge in [0.25, 0.3) is 5.91 Å². The minimum atomic E-state index is -3.33. The fraction of sp³-hybridized carbons (Fsp3) is 0.417. The molecular weight excluding hydrogens is 238 g/mol. The van der Waals surface area contributed by atoms with E-state index < -0.39 is 15.1 Å². The van der Waals surface area contributed by atoms with Gasteiger partial charge in [0.2, 0.25) is 0 Å². The van der Waals surface area contributed by atoms with Crippen molar-refractivity contribution in [3.8, 4) is 0 Å². The van der Waals surface area contributed by atoms with Crippen molar-refractivity contribution >= 4 is 15.7 Å². The van der Waals surface area contributed by atoms with Crippen LogP contribution in [0.3, 0.4) is 0 Å². The van der Waals surface area contributed by atoms with Crippen LogP contribution in [0.25, 0.3) is 0 Å².